The predicted octanol–water partition coefficient (Wildman–Crippen LogP) is 3.70. The van der Waals surface area contributed by atoms with Gasteiger partial charge in [0, 0.05) is 16.8 Å². The first-order valence-electron chi connectivity index (χ1n) is 9.41. The summed E-state index contributed by atoms with van der Waals surface area (Å²) in [7, 11) is 0. The number of hydrogen-bond donors (Lipinski definition) is 3. The van der Waals surface area contributed by atoms with Crippen LogP contribution in [0.2, 0.25) is 0 Å². The summed E-state index contributed by atoms with van der Waals surface area (Å²) in [4.78, 5) is 36.5. The molecule has 1 aliphatic rings. The van der Waals surface area contributed by atoms with Gasteiger partial charge in [0.2, 0.25) is 0 Å². The van der Waals surface area contributed by atoms with E-state index in [1.54, 1.807) is 43.3 Å². The fourth-order valence-electron chi connectivity index (χ4n) is 3.71. The van der Waals surface area contributed by atoms with Gasteiger partial charge in [-0.3, -0.25) is 14.4 Å². The molecule has 0 aromatic heterocycles. The number of anilines is 1. The molecule has 1 fully saturated rings. The Balaban J connectivity index is 1.68. The lowest BCUT2D eigenvalue weighted by Crippen LogP contribution is -2.55. The molecule has 2 aromatic carbocycles. The number of rotatable bonds is 5. The highest BCUT2D eigenvalue weighted by molar-refractivity contribution is 6.05. The lowest BCUT2D eigenvalue weighted by Gasteiger charge is -2.39. The van der Waals surface area contributed by atoms with Gasteiger partial charge < -0.3 is 15.7 Å². The van der Waals surface area contributed by atoms with E-state index in [0.29, 0.717) is 29.7 Å². The number of carboxylic acid groups (broad SMARTS) is 1. The number of carbonyl (C=O) groups excluding carboxylic acids is 2. The molecule has 2 unspecified atom stereocenters. The summed E-state index contributed by atoms with van der Waals surface area (Å²) < 4.78 is 0. The second-order valence-corrected chi connectivity index (χ2v) is 7.41. The molecule has 3 rings (SSSR count). The number of nitrogens with one attached hydrogen (secondary N) is 2. The summed E-state index contributed by atoms with van der Waals surface area (Å²) in [5.74, 6) is -2.06. The van der Waals surface area contributed by atoms with Crippen LogP contribution in [0.4, 0.5) is 5.69 Å². The number of carboxylic acids is 1. The molecular weight excluding hydrogens is 356 g/mol. The topological polar surface area (TPSA) is 95.5 Å². The molecule has 2 atom stereocenters. The van der Waals surface area contributed by atoms with Crippen LogP contribution in [0.5, 0.6) is 0 Å². The maximum absolute atomic E-state index is 12.7. The molecule has 0 spiro atoms. The van der Waals surface area contributed by atoms with Crippen molar-refractivity contribution in [3.05, 3.63) is 65.7 Å². The van der Waals surface area contributed by atoms with Crippen LogP contribution in [0.15, 0.2) is 54.6 Å². The van der Waals surface area contributed by atoms with Gasteiger partial charge in [0.15, 0.2) is 0 Å². The van der Waals surface area contributed by atoms with Crippen LogP contribution >= 0.6 is 0 Å². The van der Waals surface area contributed by atoms with Gasteiger partial charge in [0.1, 0.15) is 0 Å². The van der Waals surface area contributed by atoms with Crippen LogP contribution in [0.3, 0.4) is 0 Å². The van der Waals surface area contributed by atoms with Crippen LogP contribution < -0.4 is 10.6 Å². The monoisotopic (exact) mass is 380 g/mol. The smallest absolute Gasteiger partial charge is 0.308 e. The zero-order chi connectivity index (χ0) is 20.1. The van der Waals surface area contributed by atoms with Crippen molar-refractivity contribution in [2.45, 2.75) is 38.1 Å². The van der Waals surface area contributed by atoms with Gasteiger partial charge in [-0.2, -0.15) is 0 Å². The highest BCUT2D eigenvalue weighted by atomic mass is 16.4. The van der Waals surface area contributed by atoms with Crippen LogP contribution in [0.25, 0.3) is 0 Å². The summed E-state index contributed by atoms with van der Waals surface area (Å²) in [6.07, 6.45) is 2.94. The predicted molar refractivity (Wildman–Crippen MR) is 106 cm³/mol. The third kappa shape index (κ3) is 4.39. The molecule has 6 nitrogen and oxygen atoms in total. The van der Waals surface area contributed by atoms with Crippen molar-refractivity contribution >= 4 is 23.5 Å². The van der Waals surface area contributed by atoms with Crippen molar-refractivity contribution in [1.82, 2.24) is 5.32 Å². The van der Waals surface area contributed by atoms with Crippen molar-refractivity contribution < 1.29 is 19.5 Å². The molecule has 1 saturated carbocycles. The third-order valence-electron chi connectivity index (χ3n) is 5.35. The zero-order valence-electron chi connectivity index (χ0n) is 15.8. The molecule has 0 heterocycles. The first-order chi connectivity index (χ1) is 13.4. The zero-order valence-corrected chi connectivity index (χ0v) is 15.8. The summed E-state index contributed by atoms with van der Waals surface area (Å²) in [5.41, 5.74) is 0.754. The van der Waals surface area contributed by atoms with E-state index >= 15 is 0 Å². The molecule has 2 aromatic rings. The first-order valence-corrected chi connectivity index (χ1v) is 9.41. The van der Waals surface area contributed by atoms with E-state index in [0.717, 1.165) is 12.8 Å². The minimum absolute atomic E-state index is 0.261. The van der Waals surface area contributed by atoms with E-state index in [4.69, 9.17) is 0 Å². The Morgan fingerprint density at radius 2 is 1.54 bits per heavy atom. The van der Waals surface area contributed by atoms with Gasteiger partial charge in [0.05, 0.1) is 11.5 Å². The average molecular weight is 380 g/mol. The van der Waals surface area contributed by atoms with E-state index in [-0.39, 0.29) is 11.8 Å². The largest absolute Gasteiger partial charge is 0.481 e. The normalized spacial score (nSPS) is 21.5. The van der Waals surface area contributed by atoms with Gasteiger partial charge in [-0.25, -0.2) is 0 Å². The molecule has 0 radical (unpaired) electrons. The lowest BCUT2D eigenvalue weighted by molar-refractivity contribution is -0.145. The molecule has 0 aliphatic heterocycles. The quantitative estimate of drug-likeness (QED) is 0.737. The molecule has 0 saturated heterocycles. The van der Waals surface area contributed by atoms with Crippen LogP contribution in [0.1, 0.15) is 53.3 Å². The van der Waals surface area contributed by atoms with Crippen LogP contribution in [-0.4, -0.2) is 28.4 Å². The number of para-hydroxylation sites is 1. The summed E-state index contributed by atoms with van der Waals surface area (Å²) >= 11 is 0. The van der Waals surface area contributed by atoms with Crippen molar-refractivity contribution in [2.24, 2.45) is 5.92 Å². The molecule has 28 heavy (non-hydrogen) atoms. The van der Waals surface area contributed by atoms with Crippen molar-refractivity contribution in [2.75, 3.05) is 5.32 Å². The average Bonchev–Trinajstić information content (AvgIpc) is 2.68. The van der Waals surface area contributed by atoms with Crippen molar-refractivity contribution in [1.29, 1.82) is 0 Å². The Morgan fingerprint density at radius 1 is 0.929 bits per heavy atom. The number of hydrogen-bond acceptors (Lipinski definition) is 3. The van der Waals surface area contributed by atoms with Gasteiger partial charge in [0.25, 0.3) is 11.8 Å². The SMILES string of the molecule is CC1(NC(=O)c2ccc(C(=O)Nc3ccccc3)cc2)CCCCC1C(=O)O. The number of amides is 2. The van der Waals surface area contributed by atoms with Gasteiger partial charge >= 0.3 is 5.97 Å². The van der Waals surface area contributed by atoms with Gasteiger partial charge in [-0.1, -0.05) is 31.0 Å². The van der Waals surface area contributed by atoms with E-state index in [1.807, 2.05) is 18.2 Å². The van der Waals surface area contributed by atoms with E-state index < -0.39 is 17.4 Å². The molecule has 0 bridgehead atoms. The van der Waals surface area contributed by atoms with Gasteiger partial charge in [-0.05, 0) is 56.2 Å². The second-order valence-electron chi connectivity index (χ2n) is 7.41. The van der Waals surface area contributed by atoms with E-state index in [1.165, 1.54) is 0 Å². The standard InChI is InChI=1S/C22H24N2O4/c1-22(14-6-5-9-18(22)21(27)28)24-20(26)16-12-10-15(11-13-16)19(25)23-17-7-3-2-4-8-17/h2-4,7-8,10-13,18H,5-6,9,14H2,1H3,(H,23,25)(H,24,26)(H,27,28). The third-order valence-corrected chi connectivity index (χ3v) is 5.35. The van der Waals surface area contributed by atoms with Gasteiger partial charge in [-0.15, -0.1) is 0 Å². The number of benzene rings is 2. The minimum atomic E-state index is -0.879. The maximum Gasteiger partial charge on any atom is 0.308 e. The van der Waals surface area contributed by atoms with Crippen molar-refractivity contribution in [3.63, 3.8) is 0 Å². The second kappa shape index (κ2) is 8.25. The molecule has 6 heteroatoms. The summed E-state index contributed by atoms with van der Waals surface area (Å²) in [5, 5.41) is 15.2. The number of aliphatic carboxylic acids is 1. The fourth-order valence-corrected chi connectivity index (χ4v) is 3.71. The Kier molecular flexibility index (Phi) is 5.78. The molecule has 1 aliphatic carbocycles. The minimum Gasteiger partial charge on any atom is -0.481 e. The molecule has 2 amide bonds. The highest BCUT2D eigenvalue weighted by Gasteiger charge is 2.42. The Bertz CT molecular complexity index is 864. The molecule has 146 valence electrons. The molecule has 3 N–H and O–H groups in total. The highest BCUT2D eigenvalue weighted by Crippen LogP contribution is 2.34. The van der Waals surface area contributed by atoms with E-state index in [2.05, 4.69) is 10.6 Å². The summed E-state index contributed by atoms with van der Waals surface area (Å²) in [6, 6.07) is 15.5. The summed E-state index contributed by atoms with van der Waals surface area (Å²) in [6.45, 7) is 1.80. The maximum atomic E-state index is 12.7. The fraction of sp³-hybridized carbons (Fsp3) is 0.318. The number of carbonyl (C=O) groups is 3. The Hall–Kier alpha value is -3.15. The van der Waals surface area contributed by atoms with E-state index in [9.17, 15) is 19.5 Å². The molecular formula is C22H24N2O4. The lowest BCUT2D eigenvalue weighted by atomic mass is 9.73. The van der Waals surface area contributed by atoms with Crippen LogP contribution in [-0.2, 0) is 4.79 Å². The van der Waals surface area contributed by atoms with Crippen molar-refractivity contribution in [3.8, 4) is 0 Å². The Labute approximate surface area is 164 Å². The first kappa shape index (κ1) is 19.6. The van der Waals surface area contributed by atoms with Crippen LogP contribution in [0, 0.1) is 5.92 Å². The Morgan fingerprint density at radius 3 is 2.14 bits per heavy atom.